The number of hydrogen-bond donors (Lipinski definition) is 4. The number of hydrogen-bond acceptors (Lipinski definition) is 6. The third-order valence-electron chi connectivity index (χ3n) is 4.57. The van der Waals surface area contributed by atoms with E-state index in [0.717, 1.165) is 12.8 Å². The van der Waals surface area contributed by atoms with E-state index in [9.17, 15) is 19.5 Å². The Morgan fingerprint density at radius 1 is 1.54 bits per heavy atom. The molecular weight excluding hydrogens is 316 g/mol. The molecule has 9 heteroatoms. The Kier molecular flexibility index (Phi) is 4.57. The summed E-state index contributed by atoms with van der Waals surface area (Å²) in [5, 5.41) is 12.8. The summed E-state index contributed by atoms with van der Waals surface area (Å²) < 4.78 is 6.92. The van der Waals surface area contributed by atoms with Crippen LogP contribution in [0.3, 0.4) is 0 Å². The Morgan fingerprint density at radius 2 is 2.25 bits per heavy atom. The van der Waals surface area contributed by atoms with Gasteiger partial charge in [-0.3, -0.25) is 19.1 Å². The van der Waals surface area contributed by atoms with E-state index in [1.807, 2.05) is 0 Å². The second kappa shape index (κ2) is 6.50. The van der Waals surface area contributed by atoms with Crippen molar-refractivity contribution in [1.29, 1.82) is 0 Å². The van der Waals surface area contributed by atoms with Gasteiger partial charge in [-0.1, -0.05) is 0 Å². The predicted octanol–water partition coefficient (Wildman–Crippen LogP) is -1.65. The average Bonchev–Trinajstić information content (AvgIpc) is 3.31. The van der Waals surface area contributed by atoms with Gasteiger partial charge in [0.2, 0.25) is 5.91 Å². The number of aromatic amines is 1. The quantitative estimate of drug-likeness (QED) is 0.507. The summed E-state index contributed by atoms with van der Waals surface area (Å²) in [6, 6.07) is -0.524. The molecule has 0 unspecified atom stereocenters. The average molecular weight is 338 g/mol. The number of nitrogens with zero attached hydrogens (tertiary/aromatic N) is 1. The summed E-state index contributed by atoms with van der Waals surface area (Å²) in [6.45, 7) is 1.70. The molecule has 1 aliphatic carbocycles. The molecule has 2 fully saturated rings. The summed E-state index contributed by atoms with van der Waals surface area (Å²) in [5.41, 5.74) is 5.15. The fourth-order valence-corrected chi connectivity index (χ4v) is 2.86. The van der Waals surface area contributed by atoms with Gasteiger partial charge in [0.1, 0.15) is 12.3 Å². The standard InChI is InChI=1S/C15H22N4O5/c1-7-6-19(15(23)18-13(7)21)11-4-9(20)10(24-11)5-17-14(22)12(16)8-2-3-8/h6,8-12,20H,2-5,16H2,1H3,(H,17,22)(H,18,21,23)/t9-,10+,11+,12+/m0/s1. The molecule has 24 heavy (non-hydrogen) atoms. The summed E-state index contributed by atoms with van der Waals surface area (Å²) in [6.07, 6.45) is 1.38. The maximum Gasteiger partial charge on any atom is 0.330 e. The molecule has 3 rings (SSSR count). The first-order valence-electron chi connectivity index (χ1n) is 8.05. The van der Waals surface area contributed by atoms with Gasteiger partial charge in [0.25, 0.3) is 5.56 Å². The smallest absolute Gasteiger partial charge is 0.330 e. The summed E-state index contributed by atoms with van der Waals surface area (Å²) in [5.74, 6) is -0.0105. The van der Waals surface area contributed by atoms with Crippen molar-refractivity contribution in [3.8, 4) is 0 Å². The van der Waals surface area contributed by atoms with Gasteiger partial charge in [-0.25, -0.2) is 4.79 Å². The first kappa shape index (κ1) is 16.9. The molecule has 132 valence electrons. The summed E-state index contributed by atoms with van der Waals surface area (Å²) in [4.78, 5) is 37.4. The second-order valence-electron chi connectivity index (χ2n) is 6.52. The summed E-state index contributed by atoms with van der Waals surface area (Å²) in [7, 11) is 0. The number of aliphatic hydroxyl groups excluding tert-OH is 1. The van der Waals surface area contributed by atoms with Crippen molar-refractivity contribution in [2.75, 3.05) is 6.54 Å². The number of carbonyl (C=O) groups is 1. The van der Waals surface area contributed by atoms with Gasteiger partial charge in [0.05, 0.1) is 12.1 Å². The molecule has 1 saturated carbocycles. The lowest BCUT2D eigenvalue weighted by Crippen LogP contribution is -2.46. The van der Waals surface area contributed by atoms with Crippen LogP contribution < -0.4 is 22.3 Å². The second-order valence-corrected chi connectivity index (χ2v) is 6.52. The van der Waals surface area contributed by atoms with Crippen LogP contribution in [-0.4, -0.2) is 45.4 Å². The number of aliphatic hydroxyl groups is 1. The Hall–Kier alpha value is -1.97. The van der Waals surface area contributed by atoms with Gasteiger partial charge in [0.15, 0.2) is 0 Å². The molecule has 0 aromatic carbocycles. The van der Waals surface area contributed by atoms with Crippen LogP contribution in [0, 0.1) is 12.8 Å². The number of nitrogens with two attached hydrogens (primary N) is 1. The molecule has 5 N–H and O–H groups in total. The maximum absolute atomic E-state index is 11.9. The van der Waals surface area contributed by atoms with E-state index in [1.165, 1.54) is 10.8 Å². The molecular formula is C15H22N4O5. The molecule has 9 nitrogen and oxygen atoms in total. The molecule has 1 aromatic rings. The van der Waals surface area contributed by atoms with E-state index in [2.05, 4.69) is 10.3 Å². The molecule has 0 spiro atoms. The van der Waals surface area contributed by atoms with Crippen molar-refractivity contribution >= 4 is 5.91 Å². The van der Waals surface area contributed by atoms with Gasteiger partial charge in [0, 0.05) is 24.7 Å². The Balaban J connectivity index is 1.62. The number of nitrogens with one attached hydrogen (secondary N) is 2. The zero-order valence-corrected chi connectivity index (χ0v) is 13.4. The third kappa shape index (κ3) is 3.42. The molecule has 2 aliphatic rings. The molecule has 0 bridgehead atoms. The van der Waals surface area contributed by atoms with Gasteiger partial charge in [-0.05, 0) is 25.7 Å². The molecule has 2 heterocycles. The van der Waals surface area contributed by atoms with Gasteiger partial charge < -0.3 is 20.9 Å². The minimum absolute atomic E-state index is 0.119. The number of ether oxygens (including phenoxy) is 1. The van der Waals surface area contributed by atoms with E-state index >= 15 is 0 Å². The zero-order chi connectivity index (χ0) is 17.4. The lowest BCUT2D eigenvalue weighted by Gasteiger charge is -2.18. The van der Waals surface area contributed by atoms with Crippen molar-refractivity contribution in [3.63, 3.8) is 0 Å². The van der Waals surface area contributed by atoms with E-state index < -0.39 is 35.7 Å². The zero-order valence-electron chi connectivity index (χ0n) is 13.4. The van der Waals surface area contributed by atoms with Crippen molar-refractivity contribution < 1.29 is 14.6 Å². The maximum atomic E-state index is 11.9. The fraction of sp³-hybridized carbons (Fsp3) is 0.667. The van der Waals surface area contributed by atoms with Gasteiger partial charge >= 0.3 is 5.69 Å². The monoisotopic (exact) mass is 338 g/mol. The topological polar surface area (TPSA) is 139 Å². The number of carbonyl (C=O) groups excluding carboxylic acids is 1. The molecule has 0 radical (unpaired) electrons. The van der Waals surface area contributed by atoms with Gasteiger partial charge in [-0.15, -0.1) is 0 Å². The highest BCUT2D eigenvalue weighted by atomic mass is 16.5. The highest BCUT2D eigenvalue weighted by Gasteiger charge is 2.37. The van der Waals surface area contributed by atoms with Crippen LogP contribution in [0.2, 0.25) is 0 Å². The van der Waals surface area contributed by atoms with E-state index in [1.54, 1.807) is 6.92 Å². The lowest BCUT2D eigenvalue weighted by atomic mass is 10.1. The fourth-order valence-electron chi connectivity index (χ4n) is 2.86. The van der Waals surface area contributed by atoms with Crippen LogP contribution in [0.15, 0.2) is 15.8 Å². The first-order valence-corrected chi connectivity index (χ1v) is 8.05. The minimum atomic E-state index is -0.827. The van der Waals surface area contributed by atoms with Crippen molar-refractivity contribution in [1.82, 2.24) is 14.9 Å². The Labute approximate surface area is 137 Å². The number of aromatic nitrogens is 2. The molecule has 1 amide bonds. The van der Waals surface area contributed by atoms with E-state index in [-0.39, 0.29) is 24.8 Å². The van der Waals surface area contributed by atoms with Crippen molar-refractivity contribution in [2.45, 2.75) is 50.7 Å². The number of rotatable bonds is 5. The minimum Gasteiger partial charge on any atom is -0.390 e. The number of aryl methyl sites for hydroxylation is 1. The van der Waals surface area contributed by atoms with Crippen LogP contribution in [0.25, 0.3) is 0 Å². The van der Waals surface area contributed by atoms with Crippen LogP contribution in [0.1, 0.15) is 31.1 Å². The molecule has 1 aliphatic heterocycles. The molecule has 4 atom stereocenters. The first-order chi connectivity index (χ1) is 11.4. The van der Waals surface area contributed by atoms with Crippen molar-refractivity contribution in [3.05, 3.63) is 32.6 Å². The van der Waals surface area contributed by atoms with Crippen molar-refractivity contribution in [2.24, 2.45) is 11.7 Å². The third-order valence-corrected chi connectivity index (χ3v) is 4.57. The molecule has 1 aromatic heterocycles. The molecule has 1 saturated heterocycles. The predicted molar refractivity (Wildman–Crippen MR) is 84.3 cm³/mol. The Morgan fingerprint density at radius 3 is 2.92 bits per heavy atom. The van der Waals surface area contributed by atoms with E-state index in [4.69, 9.17) is 10.5 Å². The van der Waals surface area contributed by atoms with Crippen LogP contribution in [0.4, 0.5) is 0 Å². The number of H-pyrrole nitrogens is 1. The highest BCUT2D eigenvalue weighted by molar-refractivity contribution is 5.82. The Bertz CT molecular complexity index is 738. The SMILES string of the molecule is Cc1cn([C@H]2C[C@H](O)[C@@H](CNC(=O)[C@H](N)C3CC3)O2)c(=O)[nH]c1=O. The van der Waals surface area contributed by atoms with Crippen LogP contribution in [0.5, 0.6) is 0 Å². The number of amides is 1. The highest BCUT2D eigenvalue weighted by Crippen LogP contribution is 2.31. The van der Waals surface area contributed by atoms with E-state index in [0.29, 0.717) is 5.56 Å². The van der Waals surface area contributed by atoms with Crippen LogP contribution in [-0.2, 0) is 9.53 Å². The van der Waals surface area contributed by atoms with Gasteiger partial charge in [-0.2, -0.15) is 0 Å². The normalized spacial score (nSPS) is 27.9. The largest absolute Gasteiger partial charge is 0.390 e. The lowest BCUT2D eigenvalue weighted by molar-refractivity contribution is -0.123. The van der Waals surface area contributed by atoms with Crippen LogP contribution >= 0.6 is 0 Å². The summed E-state index contributed by atoms with van der Waals surface area (Å²) >= 11 is 0.